The van der Waals surface area contributed by atoms with Crippen molar-refractivity contribution in [1.82, 2.24) is 0 Å². The molecule has 0 aliphatic rings. The van der Waals surface area contributed by atoms with Gasteiger partial charge in [-0.15, -0.1) is 0 Å². The molecule has 0 saturated heterocycles. The van der Waals surface area contributed by atoms with E-state index in [1.807, 2.05) is 6.92 Å². The van der Waals surface area contributed by atoms with E-state index >= 15 is 0 Å². The van der Waals surface area contributed by atoms with Gasteiger partial charge in [0.2, 0.25) is 0 Å². The van der Waals surface area contributed by atoms with Gasteiger partial charge >= 0.3 is 11.9 Å². The lowest BCUT2D eigenvalue weighted by Gasteiger charge is -2.14. The number of nitrogens with one attached hydrogen (secondary N) is 1. The maximum absolute atomic E-state index is 11.7. The van der Waals surface area contributed by atoms with Crippen LogP contribution in [-0.2, 0) is 19.1 Å². The second-order valence-electron chi connectivity index (χ2n) is 4.00. The van der Waals surface area contributed by atoms with E-state index in [0.29, 0.717) is 16.5 Å². The number of methoxy groups -OCH3 is 3. The minimum absolute atomic E-state index is 0.0948. The zero-order valence-electron chi connectivity index (χ0n) is 12.2. The fourth-order valence-corrected chi connectivity index (χ4v) is 1.66. The van der Waals surface area contributed by atoms with E-state index in [1.54, 1.807) is 12.1 Å². The summed E-state index contributed by atoms with van der Waals surface area (Å²) in [5.74, 6) is -0.948. The zero-order chi connectivity index (χ0) is 16.0. The van der Waals surface area contributed by atoms with Gasteiger partial charge in [-0.1, -0.05) is 11.6 Å². The molecule has 0 bridgehead atoms. The van der Waals surface area contributed by atoms with Crippen LogP contribution in [0.2, 0.25) is 5.02 Å². The fourth-order valence-electron chi connectivity index (χ4n) is 1.50. The van der Waals surface area contributed by atoms with Gasteiger partial charge in [-0.25, -0.2) is 9.59 Å². The number of carbonyl (C=O) groups excluding carboxylic acids is 2. The predicted octanol–water partition coefficient (Wildman–Crippen LogP) is 2.30. The van der Waals surface area contributed by atoms with Crippen molar-refractivity contribution in [3.8, 4) is 5.75 Å². The lowest BCUT2D eigenvalue weighted by Crippen LogP contribution is -2.16. The molecule has 0 spiro atoms. The van der Waals surface area contributed by atoms with Crippen LogP contribution in [0.1, 0.15) is 5.56 Å². The van der Waals surface area contributed by atoms with Crippen LogP contribution in [0.15, 0.2) is 23.9 Å². The van der Waals surface area contributed by atoms with Crippen LogP contribution in [0, 0.1) is 6.92 Å². The summed E-state index contributed by atoms with van der Waals surface area (Å²) in [5.41, 5.74) is 1.15. The number of aryl methyl sites for hydroxylation is 1. The van der Waals surface area contributed by atoms with Gasteiger partial charge in [0.15, 0.2) is 0 Å². The van der Waals surface area contributed by atoms with Crippen LogP contribution in [0.5, 0.6) is 5.75 Å². The summed E-state index contributed by atoms with van der Waals surface area (Å²) in [6.45, 7) is 1.82. The number of halogens is 1. The molecule has 1 N–H and O–H groups in total. The van der Waals surface area contributed by atoms with Crippen LogP contribution >= 0.6 is 11.6 Å². The average molecular weight is 314 g/mol. The van der Waals surface area contributed by atoms with Gasteiger partial charge in [0, 0.05) is 5.02 Å². The molecule has 0 heterocycles. The molecule has 6 nitrogen and oxygen atoms in total. The third kappa shape index (κ3) is 4.39. The monoisotopic (exact) mass is 313 g/mol. The van der Waals surface area contributed by atoms with Gasteiger partial charge in [0.1, 0.15) is 11.4 Å². The van der Waals surface area contributed by atoms with Gasteiger partial charge in [0.05, 0.1) is 33.1 Å². The Morgan fingerprint density at radius 3 is 2.38 bits per heavy atom. The van der Waals surface area contributed by atoms with Crippen LogP contribution in [-0.4, -0.2) is 33.3 Å². The zero-order valence-corrected chi connectivity index (χ0v) is 12.9. The second kappa shape index (κ2) is 7.54. The highest BCUT2D eigenvalue weighted by molar-refractivity contribution is 6.31. The van der Waals surface area contributed by atoms with Gasteiger partial charge in [-0.2, -0.15) is 0 Å². The SMILES string of the molecule is COC(=O)/C=C(/Nc1cc(Cl)c(C)cc1OC)C(=O)OC. The highest BCUT2D eigenvalue weighted by Crippen LogP contribution is 2.31. The van der Waals surface area contributed by atoms with Crippen LogP contribution in [0.3, 0.4) is 0 Å². The molecule has 21 heavy (non-hydrogen) atoms. The first-order valence-electron chi connectivity index (χ1n) is 5.92. The number of hydrogen-bond acceptors (Lipinski definition) is 6. The van der Waals surface area contributed by atoms with Crippen molar-refractivity contribution < 1.29 is 23.8 Å². The molecule has 0 unspecified atom stereocenters. The molecular formula is C14H16ClNO5. The highest BCUT2D eigenvalue weighted by Gasteiger charge is 2.16. The number of esters is 2. The number of anilines is 1. The molecule has 0 radical (unpaired) electrons. The Balaban J connectivity index is 3.20. The first-order valence-corrected chi connectivity index (χ1v) is 6.29. The number of ether oxygens (including phenoxy) is 3. The Kier molecular flexibility index (Phi) is 6.05. The summed E-state index contributed by atoms with van der Waals surface area (Å²) in [5, 5.41) is 3.25. The third-order valence-electron chi connectivity index (χ3n) is 2.62. The smallest absolute Gasteiger partial charge is 0.354 e. The Morgan fingerprint density at radius 2 is 1.86 bits per heavy atom. The number of carbonyl (C=O) groups is 2. The molecule has 1 aromatic carbocycles. The molecule has 1 rings (SSSR count). The molecule has 0 aliphatic heterocycles. The fraction of sp³-hybridized carbons (Fsp3) is 0.286. The third-order valence-corrected chi connectivity index (χ3v) is 3.03. The summed E-state index contributed by atoms with van der Waals surface area (Å²) in [6, 6.07) is 3.29. The summed E-state index contributed by atoms with van der Waals surface area (Å²) < 4.78 is 14.3. The van der Waals surface area contributed by atoms with Crippen molar-refractivity contribution in [2.24, 2.45) is 0 Å². The summed E-state index contributed by atoms with van der Waals surface area (Å²) in [6.07, 6.45) is 0.985. The molecule has 0 aromatic heterocycles. The lowest BCUT2D eigenvalue weighted by molar-refractivity contribution is -0.138. The van der Waals surface area contributed by atoms with Crippen molar-refractivity contribution >= 4 is 29.2 Å². The summed E-state index contributed by atoms with van der Waals surface area (Å²) >= 11 is 6.05. The van der Waals surface area contributed by atoms with E-state index in [2.05, 4.69) is 14.8 Å². The standard InChI is InChI=1S/C14H16ClNO5/c1-8-5-12(19-2)10(6-9(8)15)16-11(14(18)21-4)7-13(17)20-3/h5-7,16H,1-4H3/b11-7+. The molecule has 0 atom stereocenters. The van der Waals surface area contributed by atoms with Crippen molar-refractivity contribution in [3.05, 3.63) is 34.5 Å². The molecule has 0 saturated carbocycles. The average Bonchev–Trinajstić information content (AvgIpc) is 2.48. The Labute approximate surface area is 127 Å². The maximum Gasteiger partial charge on any atom is 0.354 e. The van der Waals surface area contributed by atoms with E-state index < -0.39 is 11.9 Å². The van der Waals surface area contributed by atoms with Gasteiger partial charge < -0.3 is 19.5 Å². The van der Waals surface area contributed by atoms with Crippen LogP contribution in [0.25, 0.3) is 0 Å². The molecular weight excluding hydrogens is 298 g/mol. The number of rotatable bonds is 5. The maximum atomic E-state index is 11.7. The van der Waals surface area contributed by atoms with E-state index in [-0.39, 0.29) is 5.70 Å². The predicted molar refractivity (Wildman–Crippen MR) is 78.5 cm³/mol. The summed E-state index contributed by atoms with van der Waals surface area (Å²) in [7, 11) is 3.89. The first-order chi connectivity index (χ1) is 9.92. The largest absolute Gasteiger partial charge is 0.495 e. The van der Waals surface area contributed by atoms with E-state index in [9.17, 15) is 9.59 Å². The van der Waals surface area contributed by atoms with Gasteiger partial charge in [-0.3, -0.25) is 0 Å². The quantitative estimate of drug-likeness (QED) is 0.664. The molecule has 0 fully saturated rings. The topological polar surface area (TPSA) is 73.9 Å². The van der Waals surface area contributed by atoms with E-state index in [4.69, 9.17) is 16.3 Å². The molecule has 1 aromatic rings. The van der Waals surface area contributed by atoms with Crippen molar-refractivity contribution in [2.45, 2.75) is 6.92 Å². The van der Waals surface area contributed by atoms with Crippen molar-refractivity contribution in [1.29, 1.82) is 0 Å². The number of benzene rings is 1. The van der Waals surface area contributed by atoms with Crippen LogP contribution < -0.4 is 10.1 Å². The normalized spacial score (nSPS) is 10.8. The first kappa shape index (κ1) is 16.8. The second-order valence-corrected chi connectivity index (χ2v) is 4.41. The Bertz CT molecular complexity index is 583. The van der Waals surface area contributed by atoms with E-state index in [0.717, 1.165) is 11.6 Å². The molecule has 0 amide bonds. The van der Waals surface area contributed by atoms with Crippen molar-refractivity contribution in [2.75, 3.05) is 26.6 Å². The minimum atomic E-state index is -0.723. The summed E-state index contributed by atoms with van der Waals surface area (Å²) in [4.78, 5) is 23.0. The molecule has 0 aliphatic carbocycles. The van der Waals surface area contributed by atoms with Gasteiger partial charge in [0.25, 0.3) is 0 Å². The molecule has 7 heteroatoms. The number of hydrogen-bond donors (Lipinski definition) is 1. The van der Waals surface area contributed by atoms with Crippen molar-refractivity contribution in [3.63, 3.8) is 0 Å². The minimum Gasteiger partial charge on any atom is -0.495 e. The van der Waals surface area contributed by atoms with E-state index in [1.165, 1.54) is 21.3 Å². The Morgan fingerprint density at radius 1 is 1.19 bits per heavy atom. The lowest BCUT2D eigenvalue weighted by atomic mass is 10.2. The highest BCUT2D eigenvalue weighted by atomic mass is 35.5. The Hall–Kier alpha value is -2.21. The van der Waals surface area contributed by atoms with Gasteiger partial charge in [-0.05, 0) is 24.6 Å². The molecule has 114 valence electrons. The van der Waals surface area contributed by atoms with Crippen LogP contribution in [0.4, 0.5) is 5.69 Å².